The van der Waals surface area contributed by atoms with Crippen molar-refractivity contribution in [2.45, 2.75) is 65.7 Å². The molecule has 0 fully saturated rings. The Balaban J connectivity index is 3.93. The Kier molecular flexibility index (Phi) is 13.6. The van der Waals surface area contributed by atoms with Crippen LogP contribution in [0.4, 0.5) is 0 Å². The van der Waals surface area contributed by atoms with Gasteiger partial charge in [0.2, 0.25) is 0 Å². The van der Waals surface area contributed by atoms with Crippen molar-refractivity contribution in [3.63, 3.8) is 0 Å². The fourth-order valence-electron chi connectivity index (χ4n) is 2.08. The first kappa shape index (κ1) is 21.4. The molecule has 3 atom stereocenters. The first-order valence-electron chi connectivity index (χ1n) is 8.28. The molecule has 0 radical (unpaired) electrons. The van der Waals surface area contributed by atoms with Gasteiger partial charge in [-0.25, -0.2) is 0 Å². The predicted molar refractivity (Wildman–Crippen MR) is 86.9 cm³/mol. The van der Waals surface area contributed by atoms with E-state index in [9.17, 15) is 14.2 Å². The predicted octanol–water partition coefficient (Wildman–Crippen LogP) is 4.47. The van der Waals surface area contributed by atoms with Gasteiger partial charge in [0, 0.05) is 11.0 Å². The van der Waals surface area contributed by atoms with E-state index >= 15 is 0 Å². The molecule has 3 unspecified atom stereocenters. The normalized spacial score (nSPS) is 14.4. The first-order chi connectivity index (χ1) is 10.6. The van der Waals surface area contributed by atoms with Crippen molar-refractivity contribution in [2.75, 3.05) is 13.2 Å². The summed E-state index contributed by atoms with van der Waals surface area (Å²) in [6, 6.07) is 0. The van der Waals surface area contributed by atoms with Gasteiger partial charge in [-0.3, -0.25) is 9.59 Å². The molecular formula is C16H30O5P+. The highest BCUT2D eigenvalue weighted by molar-refractivity contribution is 7.33. The van der Waals surface area contributed by atoms with E-state index in [2.05, 4.69) is 13.8 Å². The number of Topliss-reactive ketones (excluding diaryl/α,β-unsaturated/α-hetero) is 1. The van der Waals surface area contributed by atoms with Gasteiger partial charge in [0.15, 0.2) is 12.1 Å². The molecule has 0 saturated heterocycles. The Hall–Kier alpha value is -0.640. The number of unbranched alkanes of at least 4 members (excludes halogenated alkanes) is 1. The number of carbonyl (C=O) groups excluding carboxylic acids is 2. The molecule has 0 spiro atoms. The molecule has 0 aliphatic rings. The first-order valence-corrected chi connectivity index (χ1v) is 9.37. The minimum Gasteiger partial charge on any atom is -0.295 e. The molecule has 0 aromatic heterocycles. The van der Waals surface area contributed by atoms with E-state index in [-0.39, 0.29) is 12.3 Å². The summed E-state index contributed by atoms with van der Waals surface area (Å²) in [5.74, 6) is 0.143. The summed E-state index contributed by atoms with van der Waals surface area (Å²) in [7, 11) is -2.11. The molecule has 5 nitrogen and oxygen atoms in total. The van der Waals surface area contributed by atoms with Crippen LogP contribution < -0.4 is 0 Å². The average Bonchev–Trinajstić information content (AvgIpc) is 2.54. The van der Waals surface area contributed by atoms with Gasteiger partial charge < -0.3 is 0 Å². The summed E-state index contributed by atoms with van der Waals surface area (Å²) in [4.78, 5) is 21.3. The van der Waals surface area contributed by atoms with E-state index in [1.807, 2.05) is 6.92 Å². The third-order valence-electron chi connectivity index (χ3n) is 3.88. The molecule has 22 heavy (non-hydrogen) atoms. The van der Waals surface area contributed by atoms with Crippen molar-refractivity contribution >= 4 is 20.3 Å². The number of rotatable bonds is 15. The quantitative estimate of drug-likeness (QED) is 0.251. The largest absolute Gasteiger partial charge is 0.697 e. The van der Waals surface area contributed by atoms with Gasteiger partial charge in [0.25, 0.3) is 0 Å². The summed E-state index contributed by atoms with van der Waals surface area (Å²) in [5, 5.41) is 0. The molecule has 0 heterocycles. The van der Waals surface area contributed by atoms with Gasteiger partial charge in [0.05, 0.1) is 0 Å². The Morgan fingerprint density at radius 1 is 1.05 bits per heavy atom. The second-order valence-electron chi connectivity index (χ2n) is 5.63. The molecule has 0 bridgehead atoms. The third-order valence-corrected chi connectivity index (χ3v) is 4.60. The van der Waals surface area contributed by atoms with E-state index in [0.717, 1.165) is 32.1 Å². The van der Waals surface area contributed by atoms with Crippen molar-refractivity contribution < 1.29 is 23.2 Å². The highest BCUT2D eigenvalue weighted by Gasteiger charge is 2.24. The van der Waals surface area contributed by atoms with Crippen LogP contribution in [0, 0.1) is 11.8 Å². The fraction of sp³-hybridized carbons (Fsp3) is 0.875. The van der Waals surface area contributed by atoms with Crippen molar-refractivity contribution in [3.05, 3.63) is 0 Å². The van der Waals surface area contributed by atoms with Crippen molar-refractivity contribution in [1.82, 2.24) is 0 Å². The van der Waals surface area contributed by atoms with Gasteiger partial charge in [-0.05, 0) is 24.7 Å². The Morgan fingerprint density at radius 2 is 1.59 bits per heavy atom. The van der Waals surface area contributed by atoms with Crippen LogP contribution >= 0.6 is 8.25 Å². The van der Waals surface area contributed by atoms with Crippen LogP contribution in [0.3, 0.4) is 0 Å². The number of hydrogen-bond acceptors (Lipinski definition) is 5. The molecule has 0 amide bonds. The minimum atomic E-state index is -2.11. The highest BCUT2D eigenvalue weighted by Crippen LogP contribution is 2.28. The zero-order chi connectivity index (χ0) is 16.8. The summed E-state index contributed by atoms with van der Waals surface area (Å²) >= 11 is 0. The highest BCUT2D eigenvalue weighted by atomic mass is 31.1. The van der Waals surface area contributed by atoms with Crippen LogP contribution in [0.1, 0.15) is 65.7 Å². The fourth-order valence-corrected chi connectivity index (χ4v) is 2.82. The van der Waals surface area contributed by atoms with Crippen molar-refractivity contribution in [1.29, 1.82) is 0 Å². The van der Waals surface area contributed by atoms with E-state index in [1.54, 1.807) is 0 Å². The Labute approximate surface area is 135 Å². The third kappa shape index (κ3) is 11.0. The summed E-state index contributed by atoms with van der Waals surface area (Å²) < 4.78 is 22.3. The van der Waals surface area contributed by atoms with E-state index in [0.29, 0.717) is 31.8 Å². The molecule has 0 aliphatic carbocycles. The molecule has 128 valence electrons. The van der Waals surface area contributed by atoms with Crippen LogP contribution in [-0.4, -0.2) is 25.3 Å². The SMILES string of the molecule is CCCCC(CC)CO[P+](=O)OCC(CC)CCC(=O)C=O. The number of ketones is 1. The zero-order valence-corrected chi connectivity index (χ0v) is 15.0. The van der Waals surface area contributed by atoms with Crippen molar-refractivity contribution in [2.24, 2.45) is 11.8 Å². The van der Waals surface area contributed by atoms with Crippen LogP contribution in [0.2, 0.25) is 0 Å². The molecule has 0 saturated carbocycles. The minimum absolute atomic E-state index is 0.119. The molecule has 0 aromatic rings. The topological polar surface area (TPSA) is 69.7 Å². The van der Waals surface area contributed by atoms with Crippen LogP contribution in [0.5, 0.6) is 0 Å². The Bertz CT molecular complexity index is 332. The molecule has 0 rings (SSSR count). The van der Waals surface area contributed by atoms with Gasteiger partial charge in [-0.1, -0.05) is 46.5 Å². The molecule has 0 N–H and O–H groups in total. The van der Waals surface area contributed by atoms with Crippen molar-refractivity contribution in [3.8, 4) is 0 Å². The maximum Gasteiger partial charge on any atom is 0.697 e. The average molecular weight is 333 g/mol. The number of aldehydes is 1. The number of hydrogen-bond donors (Lipinski definition) is 0. The lowest BCUT2D eigenvalue weighted by molar-refractivity contribution is -0.130. The lowest BCUT2D eigenvalue weighted by Gasteiger charge is -2.10. The second-order valence-corrected chi connectivity index (χ2v) is 6.59. The smallest absolute Gasteiger partial charge is 0.295 e. The van der Waals surface area contributed by atoms with Gasteiger partial charge in [0.1, 0.15) is 13.2 Å². The molecular weight excluding hydrogens is 303 g/mol. The maximum atomic E-state index is 11.7. The van der Waals surface area contributed by atoms with E-state index in [1.165, 1.54) is 0 Å². The molecule has 0 aliphatic heterocycles. The molecule has 6 heteroatoms. The van der Waals surface area contributed by atoms with Gasteiger partial charge >= 0.3 is 8.25 Å². The van der Waals surface area contributed by atoms with E-state index in [4.69, 9.17) is 9.05 Å². The maximum absolute atomic E-state index is 11.7. The van der Waals surface area contributed by atoms with Gasteiger partial charge in [-0.15, -0.1) is 9.05 Å². The monoisotopic (exact) mass is 333 g/mol. The summed E-state index contributed by atoms with van der Waals surface area (Å²) in [5.41, 5.74) is 0. The standard InChI is InChI=1S/C16H30O5P/c1-4-7-8-14(5-2)12-20-22(19)21-13-15(6-3)9-10-16(18)11-17/h11,14-15H,4-10,12-13H2,1-3H3/q+1. The second kappa shape index (κ2) is 14.0. The number of carbonyl (C=O) groups is 2. The van der Waals surface area contributed by atoms with Crippen LogP contribution in [-0.2, 0) is 23.2 Å². The lowest BCUT2D eigenvalue weighted by atomic mass is 10.0. The Morgan fingerprint density at radius 3 is 2.05 bits per heavy atom. The van der Waals surface area contributed by atoms with Gasteiger partial charge in [-0.2, -0.15) is 0 Å². The van der Waals surface area contributed by atoms with Crippen LogP contribution in [0.25, 0.3) is 0 Å². The zero-order valence-electron chi connectivity index (χ0n) is 14.1. The summed E-state index contributed by atoms with van der Waals surface area (Å²) in [6.45, 7) is 6.99. The summed E-state index contributed by atoms with van der Waals surface area (Å²) in [6.07, 6.45) is 6.35. The molecule has 0 aromatic carbocycles. The lowest BCUT2D eigenvalue weighted by Crippen LogP contribution is -2.11. The van der Waals surface area contributed by atoms with Crippen LogP contribution in [0.15, 0.2) is 0 Å². The van der Waals surface area contributed by atoms with E-state index < -0.39 is 14.0 Å².